The number of unbranched alkanes of at least 4 members (excludes halogenated alkanes) is 14. The maximum absolute atomic E-state index is 12.8. The molecule has 0 amide bonds. The summed E-state index contributed by atoms with van der Waals surface area (Å²) < 4.78 is 11.3. The van der Waals surface area contributed by atoms with E-state index in [1.807, 2.05) is 6.08 Å². The van der Waals surface area contributed by atoms with Gasteiger partial charge in [0.1, 0.15) is 6.10 Å². The molecule has 4 rings (SSSR count). The van der Waals surface area contributed by atoms with Crippen LogP contribution in [0.3, 0.4) is 0 Å². The van der Waals surface area contributed by atoms with Gasteiger partial charge in [-0.3, -0.25) is 9.59 Å². The molecule has 3 fully saturated rings. The second kappa shape index (κ2) is 22.8. The molecule has 0 N–H and O–H groups in total. The minimum Gasteiger partial charge on any atom is -0.462 e. The Morgan fingerprint density at radius 1 is 0.755 bits per heavy atom. The Kier molecular flexibility index (Phi) is 19.0. The van der Waals surface area contributed by atoms with Gasteiger partial charge in [0.15, 0.2) is 0 Å². The van der Waals surface area contributed by atoms with E-state index < -0.39 is 0 Å². The molecule has 304 valence electrons. The SMILES string of the molecule is CCCCCCCCCCCCCCCC/C=C/OC(=O)CCC(=O)O[C@H]1CC[C@@]2(C)C(=CC[C@H]3[C@@H]4CC[C@H]([C@H](C)CCCC(C)C)[C@@]4(C)CC[C@@H]32)C1. The molecule has 0 saturated heterocycles. The van der Waals surface area contributed by atoms with Crippen molar-refractivity contribution in [1.29, 1.82) is 0 Å². The van der Waals surface area contributed by atoms with Crippen molar-refractivity contribution in [2.24, 2.45) is 46.3 Å². The van der Waals surface area contributed by atoms with Crippen LogP contribution in [0.15, 0.2) is 24.0 Å². The Bertz CT molecular complexity index is 1140. The molecular formula is C49H84O4. The molecule has 4 nitrogen and oxygen atoms in total. The lowest BCUT2D eigenvalue weighted by molar-refractivity contribution is -0.154. The van der Waals surface area contributed by atoms with Gasteiger partial charge in [0.25, 0.3) is 0 Å². The van der Waals surface area contributed by atoms with Crippen LogP contribution in [0.4, 0.5) is 0 Å². The van der Waals surface area contributed by atoms with Crippen LogP contribution in [0, 0.1) is 46.3 Å². The van der Waals surface area contributed by atoms with Crippen molar-refractivity contribution in [1.82, 2.24) is 0 Å². The number of carbonyl (C=O) groups is 2. The topological polar surface area (TPSA) is 52.6 Å². The average Bonchev–Trinajstić information content (AvgIpc) is 3.49. The molecule has 0 aromatic rings. The van der Waals surface area contributed by atoms with E-state index in [0.717, 1.165) is 67.6 Å². The molecule has 0 radical (unpaired) electrons. The average molecular weight is 737 g/mol. The fraction of sp³-hybridized carbons (Fsp3) is 0.878. The minimum atomic E-state index is -0.347. The molecule has 0 aliphatic heterocycles. The summed E-state index contributed by atoms with van der Waals surface area (Å²) in [5, 5.41) is 0. The van der Waals surface area contributed by atoms with E-state index in [1.165, 1.54) is 141 Å². The molecule has 0 heterocycles. The molecule has 0 aromatic carbocycles. The van der Waals surface area contributed by atoms with E-state index in [0.29, 0.717) is 5.41 Å². The highest BCUT2D eigenvalue weighted by atomic mass is 16.5. The zero-order valence-electron chi connectivity index (χ0n) is 35.7. The molecule has 0 unspecified atom stereocenters. The van der Waals surface area contributed by atoms with E-state index >= 15 is 0 Å². The quantitative estimate of drug-likeness (QED) is 0.0405. The first-order chi connectivity index (χ1) is 25.6. The summed E-state index contributed by atoms with van der Waals surface area (Å²) >= 11 is 0. The number of esters is 2. The lowest BCUT2D eigenvalue weighted by atomic mass is 9.47. The maximum atomic E-state index is 12.8. The van der Waals surface area contributed by atoms with Crippen LogP contribution in [-0.2, 0) is 19.1 Å². The standard InChI is InChI=1S/C49H84O4/c1-7-8-9-10-11-12-13-14-15-16-17-18-19-20-21-22-36-52-46(50)30-31-47(51)53-41-32-34-48(5)40(37-41)26-27-42-44-29-28-43(39(4)25-23-24-38(2)3)49(44,6)35-33-45(42)48/h22,26,36,38-39,41-45H,7-21,23-25,27-35,37H2,1-6H3/b36-22+/t39-,41+,42+,43-,44+,45+,48+,49-/m1/s1. The molecule has 0 spiro atoms. The molecular weight excluding hydrogens is 653 g/mol. The van der Waals surface area contributed by atoms with Gasteiger partial charge in [0.05, 0.1) is 19.1 Å². The second-order valence-electron chi connectivity index (χ2n) is 19.4. The van der Waals surface area contributed by atoms with Crippen molar-refractivity contribution in [3.8, 4) is 0 Å². The highest BCUT2D eigenvalue weighted by molar-refractivity contribution is 5.78. The van der Waals surface area contributed by atoms with E-state index in [1.54, 1.807) is 5.57 Å². The van der Waals surface area contributed by atoms with Gasteiger partial charge in [0.2, 0.25) is 0 Å². The molecule has 0 aromatic heterocycles. The monoisotopic (exact) mass is 737 g/mol. The number of ether oxygens (including phenoxy) is 2. The Morgan fingerprint density at radius 3 is 2.06 bits per heavy atom. The summed E-state index contributed by atoms with van der Waals surface area (Å²) in [4.78, 5) is 25.1. The lowest BCUT2D eigenvalue weighted by Gasteiger charge is -2.58. The van der Waals surface area contributed by atoms with Gasteiger partial charge in [-0.1, -0.05) is 156 Å². The first kappa shape index (κ1) is 44.1. The second-order valence-corrected chi connectivity index (χ2v) is 19.4. The molecule has 0 bridgehead atoms. The van der Waals surface area contributed by atoms with Gasteiger partial charge >= 0.3 is 11.9 Å². The third kappa shape index (κ3) is 13.3. The van der Waals surface area contributed by atoms with Crippen LogP contribution in [0.5, 0.6) is 0 Å². The molecule has 4 aliphatic rings. The molecule has 53 heavy (non-hydrogen) atoms. The first-order valence-corrected chi connectivity index (χ1v) is 23.3. The van der Waals surface area contributed by atoms with Crippen molar-refractivity contribution in [3.05, 3.63) is 24.0 Å². The van der Waals surface area contributed by atoms with E-state index in [9.17, 15) is 9.59 Å². The Morgan fingerprint density at radius 2 is 1.40 bits per heavy atom. The summed E-state index contributed by atoms with van der Waals surface area (Å²) in [6.45, 7) is 14.8. The normalized spacial score (nSPS) is 30.1. The molecule has 4 aliphatic carbocycles. The van der Waals surface area contributed by atoms with E-state index in [2.05, 4.69) is 47.6 Å². The van der Waals surface area contributed by atoms with Gasteiger partial charge in [-0.05, 0) is 110 Å². The van der Waals surface area contributed by atoms with E-state index in [-0.39, 0.29) is 36.3 Å². The fourth-order valence-electron chi connectivity index (χ4n) is 11.9. The zero-order valence-corrected chi connectivity index (χ0v) is 35.7. The van der Waals surface area contributed by atoms with Gasteiger partial charge in [-0.2, -0.15) is 0 Å². The van der Waals surface area contributed by atoms with Crippen molar-refractivity contribution < 1.29 is 19.1 Å². The third-order valence-corrected chi connectivity index (χ3v) is 15.1. The van der Waals surface area contributed by atoms with Crippen LogP contribution in [-0.4, -0.2) is 18.0 Å². The number of hydrogen-bond donors (Lipinski definition) is 0. The lowest BCUT2D eigenvalue weighted by Crippen LogP contribution is -2.51. The summed E-state index contributed by atoms with van der Waals surface area (Å²) in [7, 11) is 0. The van der Waals surface area contributed by atoms with Gasteiger partial charge in [0, 0.05) is 6.42 Å². The first-order valence-electron chi connectivity index (χ1n) is 23.3. The van der Waals surface area contributed by atoms with Crippen molar-refractivity contribution in [3.63, 3.8) is 0 Å². The van der Waals surface area contributed by atoms with Crippen LogP contribution < -0.4 is 0 Å². The molecule has 8 atom stereocenters. The summed E-state index contributed by atoms with van der Waals surface area (Å²) in [6.07, 6.45) is 40.0. The van der Waals surface area contributed by atoms with Crippen molar-refractivity contribution in [2.75, 3.05) is 0 Å². The number of hydrogen-bond acceptors (Lipinski definition) is 4. The predicted octanol–water partition coefficient (Wildman–Crippen LogP) is 14.6. The van der Waals surface area contributed by atoms with E-state index in [4.69, 9.17) is 9.47 Å². The van der Waals surface area contributed by atoms with Gasteiger partial charge in [-0.15, -0.1) is 0 Å². The van der Waals surface area contributed by atoms with Crippen LogP contribution in [0.25, 0.3) is 0 Å². The summed E-state index contributed by atoms with van der Waals surface area (Å²) in [6, 6.07) is 0. The summed E-state index contributed by atoms with van der Waals surface area (Å²) in [5.74, 6) is 4.39. The highest BCUT2D eigenvalue weighted by Gasteiger charge is 2.59. The number of allylic oxidation sites excluding steroid dienone is 2. The smallest absolute Gasteiger partial charge is 0.311 e. The zero-order chi connectivity index (χ0) is 38.1. The molecule has 3 saturated carbocycles. The van der Waals surface area contributed by atoms with Crippen LogP contribution in [0.2, 0.25) is 0 Å². The number of fused-ring (bicyclic) bond motifs is 5. The Hall–Kier alpha value is -1.58. The third-order valence-electron chi connectivity index (χ3n) is 15.1. The summed E-state index contributed by atoms with van der Waals surface area (Å²) in [5.41, 5.74) is 2.30. The van der Waals surface area contributed by atoms with Crippen molar-refractivity contribution in [2.45, 2.75) is 227 Å². The largest absolute Gasteiger partial charge is 0.462 e. The molecule has 4 heteroatoms. The van der Waals surface area contributed by atoms with Crippen LogP contribution >= 0.6 is 0 Å². The van der Waals surface area contributed by atoms with Gasteiger partial charge < -0.3 is 9.47 Å². The highest BCUT2D eigenvalue weighted by Crippen LogP contribution is 2.67. The van der Waals surface area contributed by atoms with Gasteiger partial charge in [-0.25, -0.2) is 0 Å². The fourth-order valence-corrected chi connectivity index (χ4v) is 11.9. The number of rotatable bonds is 25. The predicted molar refractivity (Wildman–Crippen MR) is 222 cm³/mol. The van der Waals surface area contributed by atoms with Crippen LogP contribution in [0.1, 0.15) is 221 Å². The number of carbonyl (C=O) groups excluding carboxylic acids is 2. The minimum absolute atomic E-state index is 0.0594. The Labute approximate surface area is 327 Å². The maximum Gasteiger partial charge on any atom is 0.311 e. The Balaban J connectivity index is 1.06. The van der Waals surface area contributed by atoms with Crippen molar-refractivity contribution >= 4 is 11.9 Å².